The maximum atomic E-state index is 11.4. The van der Waals surface area contributed by atoms with Gasteiger partial charge in [0.15, 0.2) is 4.91 Å². The Balaban J connectivity index is -0.00000144. The van der Waals surface area contributed by atoms with E-state index in [1.54, 1.807) is 6.92 Å². The second-order valence-electron chi connectivity index (χ2n) is 3.23. The van der Waals surface area contributed by atoms with Crippen LogP contribution in [0.5, 0.6) is 0 Å². The zero-order chi connectivity index (χ0) is 14.3. The number of carboxylic acids is 1. The Morgan fingerprint density at radius 2 is 1.95 bits per heavy atom. The zero-order valence-corrected chi connectivity index (χ0v) is 13.6. The maximum absolute atomic E-state index is 11.4. The van der Waals surface area contributed by atoms with Gasteiger partial charge in [0, 0.05) is 0 Å². The number of hydrogen-bond acceptors (Lipinski definition) is 5. The quantitative estimate of drug-likeness (QED) is 0.181. The van der Waals surface area contributed by atoms with Gasteiger partial charge < -0.3 is 11.3 Å². The van der Waals surface area contributed by atoms with Crippen LogP contribution in [-0.4, -0.2) is 36.6 Å². The van der Waals surface area contributed by atoms with Gasteiger partial charge in [-0.3, -0.25) is 4.55 Å². The van der Waals surface area contributed by atoms with Crippen molar-refractivity contribution in [1.29, 1.82) is 0 Å². The van der Waals surface area contributed by atoms with E-state index in [4.69, 9.17) is 9.66 Å². The van der Waals surface area contributed by atoms with Crippen molar-refractivity contribution < 1.29 is 63.4 Å². The SMILES string of the molecule is C=CCOC(=O)/C(=C(/CCC)C(=O)O)S(=O)(=O)O.[H-].[Na+]. The van der Waals surface area contributed by atoms with Crippen molar-refractivity contribution in [3.8, 4) is 0 Å². The van der Waals surface area contributed by atoms with Crippen molar-refractivity contribution in [2.24, 2.45) is 0 Å². The molecule has 2 N–H and O–H groups in total. The van der Waals surface area contributed by atoms with E-state index in [2.05, 4.69) is 11.3 Å². The predicted molar refractivity (Wildman–Crippen MR) is 63.4 cm³/mol. The summed E-state index contributed by atoms with van der Waals surface area (Å²) in [6, 6.07) is 0. The molecule has 19 heavy (non-hydrogen) atoms. The van der Waals surface area contributed by atoms with E-state index in [1.807, 2.05) is 0 Å². The summed E-state index contributed by atoms with van der Waals surface area (Å²) in [5.41, 5.74) is -0.700. The Morgan fingerprint density at radius 1 is 1.42 bits per heavy atom. The van der Waals surface area contributed by atoms with Crippen LogP contribution in [0, 0.1) is 0 Å². The molecular weight excluding hydrogens is 287 g/mol. The van der Waals surface area contributed by atoms with Crippen molar-refractivity contribution in [2.75, 3.05) is 6.61 Å². The Labute approximate surface area is 134 Å². The van der Waals surface area contributed by atoms with E-state index >= 15 is 0 Å². The molecule has 0 aromatic rings. The van der Waals surface area contributed by atoms with Crippen molar-refractivity contribution in [3.05, 3.63) is 23.1 Å². The second-order valence-corrected chi connectivity index (χ2v) is 4.58. The first-order valence-electron chi connectivity index (χ1n) is 4.97. The monoisotopic (exact) mass is 302 g/mol. The number of carbonyl (C=O) groups is 2. The molecule has 0 radical (unpaired) electrons. The molecule has 104 valence electrons. The third kappa shape index (κ3) is 6.88. The minimum atomic E-state index is -4.97. The van der Waals surface area contributed by atoms with Crippen LogP contribution in [0.4, 0.5) is 0 Å². The van der Waals surface area contributed by atoms with Crippen LogP contribution in [0.15, 0.2) is 23.1 Å². The van der Waals surface area contributed by atoms with Gasteiger partial charge in [-0.25, -0.2) is 9.59 Å². The van der Waals surface area contributed by atoms with E-state index in [0.29, 0.717) is 0 Å². The molecule has 0 rings (SSSR count). The van der Waals surface area contributed by atoms with Crippen molar-refractivity contribution in [1.82, 2.24) is 0 Å². The fourth-order valence-corrected chi connectivity index (χ4v) is 1.92. The number of carbonyl (C=O) groups excluding carboxylic acids is 1. The molecule has 0 aliphatic heterocycles. The number of ether oxygens (including phenoxy) is 1. The maximum Gasteiger partial charge on any atom is 1.00 e. The van der Waals surface area contributed by atoms with Gasteiger partial charge in [0.25, 0.3) is 0 Å². The predicted octanol–water partition coefficient (Wildman–Crippen LogP) is -2.14. The van der Waals surface area contributed by atoms with E-state index in [-0.39, 0.29) is 50.4 Å². The number of aliphatic carboxylic acids is 1. The van der Waals surface area contributed by atoms with Crippen LogP contribution in [-0.2, 0) is 24.4 Å². The summed E-state index contributed by atoms with van der Waals surface area (Å²) in [6.45, 7) is 4.55. The number of rotatable bonds is 7. The minimum absolute atomic E-state index is 0. The van der Waals surface area contributed by atoms with E-state index in [9.17, 15) is 18.0 Å². The van der Waals surface area contributed by atoms with Crippen LogP contribution in [0.1, 0.15) is 21.2 Å². The summed E-state index contributed by atoms with van der Waals surface area (Å²) in [7, 11) is -4.97. The molecule has 9 heteroatoms. The average molecular weight is 302 g/mol. The molecule has 0 aromatic heterocycles. The van der Waals surface area contributed by atoms with Crippen LogP contribution in [0.2, 0.25) is 0 Å². The Morgan fingerprint density at radius 3 is 2.26 bits per heavy atom. The molecule has 0 aliphatic carbocycles. The van der Waals surface area contributed by atoms with E-state index < -0.39 is 32.5 Å². The summed E-state index contributed by atoms with van der Waals surface area (Å²) in [6.07, 6.45) is 1.28. The third-order valence-electron chi connectivity index (χ3n) is 1.81. The van der Waals surface area contributed by atoms with Gasteiger partial charge in [-0.1, -0.05) is 26.0 Å². The van der Waals surface area contributed by atoms with Crippen LogP contribution < -0.4 is 29.6 Å². The standard InChI is InChI=1S/C10H14O7S.Na.H/c1-3-5-7(9(11)12)8(18(14,15)16)10(13)17-6-4-2;;/h4H,2-3,5-6H2,1H3,(H,11,12)(H,14,15,16);;/q;+1;-1/b8-7+;;. The summed E-state index contributed by atoms with van der Waals surface area (Å²) >= 11 is 0. The third-order valence-corrected chi connectivity index (χ3v) is 2.74. The number of carboxylic acid groups (broad SMARTS) is 1. The van der Waals surface area contributed by atoms with Gasteiger partial charge in [-0.15, -0.1) is 0 Å². The van der Waals surface area contributed by atoms with Crippen molar-refractivity contribution >= 4 is 22.1 Å². The molecular formula is C10H15NaO7S. The Hall–Kier alpha value is -0.670. The van der Waals surface area contributed by atoms with Gasteiger partial charge in [0.2, 0.25) is 0 Å². The molecule has 0 aromatic carbocycles. The first kappa shape index (κ1) is 20.6. The fourth-order valence-electron chi connectivity index (χ4n) is 1.15. The summed E-state index contributed by atoms with van der Waals surface area (Å²) in [5.74, 6) is -3.01. The Bertz CT molecular complexity index is 484. The Kier molecular flexibility index (Phi) is 10.1. The van der Waals surface area contributed by atoms with Gasteiger partial charge in [0.05, 0.1) is 5.57 Å². The molecule has 0 aliphatic rings. The first-order chi connectivity index (χ1) is 8.25. The largest absolute Gasteiger partial charge is 1.00 e. The molecule has 7 nitrogen and oxygen atoms in total. The second kappa shape index (κ2) is 9.27. The van der Waals surface area contributed by atoms with Gasteiger partial charge >= 0.3 is 51.6 Å². The van der Waals surface area contributed by atoms with Crippen LogP contribution in [0.3, 0.4) is 0 Å². The molecule has 0 unspecified atom stereocenters. The van der Waals surface area contributed by atoms with Gasteiger partial charge in [-0.2, -0.15) is 8.42 Å². The van der Waals surface area contributed by atoms with Gasteiger partial charge in [0.1, 0.15) is 6.61 Å². The molecule has 0 amide bonds. The number of esters is 1. The zero-order valence-electron chi connectivity index (χ0n) is 11.7. The van der Waals surface area contributed by atoms with Crippen molar-refractivity contribution in [3.63, 3.8) is 0 Å². The average Bonchev–Trinajstić information content (AvgIpc) is 2.23. The first-order valence-corrected chi connectivity index (χ1v) is 6.41. The van der Waals surface area contributed by atoms with Gasteiger partial charge in [-0.05, 0) is 6.42 Å². The summed E-state index contributed by atoms with van der Waals surface area (Å²) in [4.78, 5) is 21.1. The van der Waals surface area contributed by atoms with Crippen LogP contribution in [0.25, 0.3) is 0 Å². The smallest absolute Gasteiger partial charge is 1.00 e. The molecule has 0 saturated heterocycles. The molecule has 0 atom stereocenters. The molecule has 0 spiro atoms. The normalized spacial score (nSPS) is 11.9. The summed E-state index contributed by atoms with van der Waals surface area (Å²) in [5, 5.41) is 8.85. The summed E-state index contributed by atoms with van der Waals surface area (Å²) < 4.78 is 35.5. The number of hydrogen-bond donors (Lipinski definition) is 2. The van der Waals surface area contributed by atoms with E-state index in [1.165, 1.54) is 6.08 Å². The topological polar surface area (TPSA) is 118 Å². The fraction of sp³-hybridized carbons (Fsp3) is 0.400. The molecule has 0 bridgehead atoms. The minimum Gasteiger partial charge on any atom is -1.00 e. The van der Waals surface area contributed by atoms with Crippen LogP contribution >= 0.6 is 0 Å². The van der Waals surface area contributed by atoms with E-state index in [0.717, 1.165) is 0 Å². The molecule has 0 saturated carbocycles. The molecule has 0 fully saturated rings. The van der Waals surface area contributed by atoms with Crippen molar-refractivity contribution in [2.45, 2.75) is 19.8 Å². The molecule has 0 heterocycles.